The predicted octanol–water partition coefficient (Wildman–Crippen LogP) is 5.13. The van der Waals surface area contributed by atoms with Crippen molar-refractivity contribution < 1.29 is 27.5 Å². The summed E-state index contributed by atoms with van der Waals surface area (Å²) in [6.07, 6.45) is -0.944. The largest absolute Gasteiger partial charge is 0.457 e. The summed E-state index contributed by atoms with van der Waals surface area (Å²) < 4.78 is 45.1. The Morgan fingerprint density at radius 1 is 1.15 bits per heavy atom. The molecule has 1 unspecified atom stereocenters. The molecule has 3 N–H and O–H groups in total. The SMILES string of the molecule is CNC(=O)c1cc(Oc2ccc(NC(=O)NC3(C)C=C(C(F)(F)F)C(Cl)=CC3)cc2)ccn1. The monoisotopic (exact) mass is 480 g/mol. The first-order valence-corrected chi connectivity index (χ1v) is 10.1. The minimum atomic E-state index is -4.63. The molecule has 33 heavy (non-hydrogen) atoms. The first kappa shape index (κ1) is 24.1. The van der Waals surface area contributed by atoms with E-state index in [0.29, 0.717) is 17.2 Å². The Morgan fingerprint density at radius 2 is 1.85 bits per heavy atom. The molecular weight excluding hydrogens is 461 g/mol. The van der Waals surface area contributed by atoms with Gasteiger partial charge in [-0.05, 0) is 49.8 Å². The minimum Gasteiger partial charge on any atom is -0.457 e. The molecule has 3 rings (SSSR count). The molecule has 1 heterocycles. The predicted molar refractivity (Wildman–Crippen MR) is 117 cm³/mol. The van der Waals surface area contributed by atoms with Crippen LogP contribution in [0.1, 0.15) is 23.8 Å². The van der Waals surface area contributed by atoms with Crippen LogP contribution in [-0.4, -0.2) is 35.7 Å². The quantitative estimate of drug-likeness (QED) is 0.553. The second-order valence-corrected chi connectivity index (χ2v) is 7.80. The van der Waals surface area contributed by atoms with Gasteiger partial charge in [0.15, 0.2) is 0 Å². The first-order valence-electron chi connectivity index (χ1n) is 9.70. The van der Waals surface area contributed by atoms with Crippen molar-refractivity contribution in [3.63, 3.8) is 0 Å². The molecule has 0 radical (unpaired) electrons. The van der Waals surface area contributed by atoms with E-state index >= 15 is 0 Å². The van der Waals surface area contributed by atoms with Gasteiger partial charge in [-0.25, -0.2) is 4.79 Å². The lowest BCUT2D eigenvalue weighted by atomic mass is 9.89. The Morgan fingerprint density at radius 3 is 2.48 bits per heavy atom. The van der Waals surface area contributed by atoms with E-state index in [0.717, 1.165) is 6.08 Å². The molecule has 174 valence electrons. The number of rotatable bonds is 5. The Bertz CT molecular complexity index is 1120. The van der Waals surface area contributed by atoms with Crippen LogP contribution in [0.5, 0.6) is 11.5 Å². The summed E-state index contributed by atoms with van der Waals surface area (Å²) in [6.45, 7) is 1.47. The van der Waals surface area contributed by atoms with Crippen molar-refractivity contribution in [3.8, 4) is 11.5 Å². The van der Waals surface area contributed by atoms with Crippen molar-refractivity contribution >= 4 is 29.2 Å². The van der Waals surface area contributed by atoms with Crippen molar-refractivity contribution in [1.29, 1.82) is 0 Å². The number of hydrogen-bond acceptors (Lipinski definition) is 4. The van der Waals surface area contributed by atoms with E-state index in [2.05, 4.69) is 20.9 Å². The average Bonchev–Trinajstić information content (AvgIpc) is 2.76. The summed E-state index contributed by atoms with van der Waals surface area (Å²) in [5.74, 6) is 0.477. The number of alkyl halides is 3. The van der Waals surface area contributed by atoms with Crippen molar-refractivity contribution in [3.05, 3.63) is 71.0 Å². The number of aromatic nitrogens is 1. The van der Waals surface area contributed by atoms with Crippen LogP contribution in [0.15, 0.2) is 65.4 Å². The number of anilines is 1. The molecular formula is C22H20ClF3N4O3. The summed E-state index contributed by atoms with van der Waals surface area (Å²) in [5, 5.41) is 7.18. The molecule has 7 nitrogen and oxygen atoms in total. The number of urea groups is 1. The fourth-order valence-corrected chi connectivity index (χ4v) is 3.29. The zero-order valence-electron chi connectivity index (χ0n) is 17.6. The molecule has 0 fully saturated rings. The Kier molecular flexibility index (Phi) is 6.97. The van der Waals surface area contributed by atoms with Crippen LogP contribution < -0.4 is 20.7 Å². The van der Waals surface area contributed by atoms with E-state index in [1.807, 2.05) is 0 Å². The summed E-state index contributed by atoms with van der Waals surface area (Å²) >= 11 is 5.67. The molecule has 1 atom stereocenters. The molecule has 0 saturated heterocycles. The highest BCUT2D eigenvalue weighted by Crippen LogP contribution is 2.38. The number of halogens is 4. The lowest BCUT2D eigenvalue weighted by Gasteiger charge is -2.31. The number of hydrogen-bond donors (Lipinski definition) is 3. The standard InChI is InChI=1S/C22H20ClF3N4O3/c1-21(9-7-17(23)16(12-21)22(24,25)26)30-20(32)29-13-3-5-14(6-4-13)33-15-8-10-28-18(11-15)19(31)27-2/h3-8,10-12H,9H2,1-2H3,(H,27,31)(H2,29,30,32). The molecule has 1 aromatic heterocycles. The van der Waals surface area contributed by atoms with Crippen LogP contribution >= 0.6 is 11.6 Å². The van der Waals surface area contributed by atoms with Crippen molar-refractivity contribution in [1.82, 2.24) is 15.6 Å². The Labute approximate surface area is 192 Å². The fraction of sp³-hybridized carbons (Fsp3) is 0.227. The van der Waals surface area contributed by atoms with Gasteiger partial charge in [0.05, 0.1) is 11.1 Å². The van der Waals surface area contributed by atoms with E-state index in [4.69, 9.17) is 16.3 Å². The zero-order chi connectivity index (χ0) is 24.2. The van der Waals surface area contributed by atoms with Gasteiger partial charge in [-0.3, -0.25) is 9.78 Å². The summed E-state index contributed by atoms with van der Waals surface area (Å²) in [7, 11) is 1.49. The molecule has 3 amide bonds. The topological polar surface area (TPSA) is 92.4 Å². The average molecular weight is 481 g/mol. The fourth-order valence-electron chi connectivity index (χ4n) is 3.05. The van der Waals surface area contributed by atoms with Crippen molar-refractivity contribution in [2.75, 3.05) is 12.4 Å². The van der Waals surface area contributed by atoms with Crippen LogP contribution in [0.2, 0.25) is 0 Å². The number of benzene rings is 1. The van der Waals surface area contributed by atoms with Crippen molar-refractivity contribution in [2.45, 2.75) is 25.1 Å². The summed E-state index contributed by atoms with van der Waals surface area (Å²) in [4.78, 5) is 28.0. The highest BCUT2D eigenvalue weighted by molar-refractivity contribution is 6.32. The molecule has 0 saturated carbocycles. The zero-order valence-corrected chi connectivity index (χ0v) is 18.3. The Hall–Kier alpha value is -3.53. The highest BCUT2D eigenvalue weighted by atomic mass is 35.5. The lowest BCUT2D eigenvalue weighted by molar-refractivity contribution is -0.0895. The van der Waals surface area contributed by atoms with Crippen LogP contribution in [0, 0.1) is 0 Å². The van der Waals surface area contributed by atoms with Gasteiger partial charge in [0, 0.05) is 30.0 Å². The molecule has 2 aromatic rings. The highest BCUT2D eigenvalue weighted by Gasteiger charge is 2.40. The first-order chi connectivity index (χ1) is 15.5. The molecule has 1 aliphatic rings. The van der Waals surface area contributed by atoms with Gasteiger partial charge in [0.25, 0.3) is 5.91 Å². The third-order valence-corrected chi connectivity index (χ3v) is 5.03. The maximum atomic E-state index is 13.1. The van der Waals surface area contributed by atoms with Gasteiger partial charge in [0.2, 0.25) is 0 Å². The van der Waals surface area contributed by atoms with Gasteiger partial charge < -0.3 is 20.7 Å². The number of amides is 3. The number of allylic oxidation sites excluding steroid dienone is 2. The van der Waals surface area contributed by atoms with Gasteiger partial charge in [0.1, 0.15) is 17.2 Å². The smallest absolute Gasteiger partial charge is 0.417 e. The van der Waals surface area contributed by atoms with Crippen LogP contribution in [0.4, 0.5) is 23.7 Å². The Balaban J connectivity index is 1.63. The molecule has 0 spiro atoms. The number of pyridine rings is 1. The van der Waals surface area contributed by atoms with E-state index in [1.54, 1.807) is 30.3 Å². The number of nitrogens with zero attached hydrogens (tertiary/aromatic N) is 1. The van der Waals surface area contributed by atoms with Crippen molar-refractivity contribution in [2.24, 2.45) is 0 Å². The minimum absolute atomic E-state index is 0.107. The number of carbonyl (C=O) groups excluding carboxylic acids is 2. The molecule has 1 aliphatic carbocycles. The number of nitrogens with one attached hydrogen (secondary N) is 3. The summed E-state index contributed by atoms with van der Waals surface area (Å²) in [6, 6.07) is 8.68. The van der Waals surface area contributed by atoms with E-state index in [1.165, 1.54) is 32.3 Å². The lowest BCUT2D eigenvalue weighted by Crippen LogP contribution is -2.47. The van der Waals surface area contributed by atoms with E-state index < -0.39 is 28.4 Å². The number of ether oxygens (including phenoxy) is 1. The van der Waals surface area contributed by atoms with Gasteiger partial charge in [-0.1, -0.05) is 17.7 Å². The molecule has 0 aliphatic heterocycles. The maximum absolute atomic E-state index is 13.1. The third kappa shape index (κ3) is 6.26. The van der Waals surface area contributed by atoms with E-state index in [9.17, 15) is 22.8 Å². The maximum Gasteiger partial charge on any atom is 0.417 e. The van der Waals surface area contributed by atoms with Crippen LogP contribution in [-0.2, 0) is 0 Å². The molecule has 1 aromatic carbocycles. The number of carbonyl (C=O) groups is 2. The summed E-state index contributed by atoms with van der Waals surface area (Å²) in [5.41, 5.74) is -1.66. The van der Waals surface area contributed by atoms with Gasteiger partial charge in [-0.15, -0.1) is 0 Å². The van der Waals surface area contributed by atoms with Crippen LogP contribution in [0.3, 0.4) is 0 Å². The third-order valence-electron chi connectivity index (χ3n) is 4.67. The van der Waals surface area contributed by atoms with Gasteiger partial charge in [-0.2, -0.15) is 13.2 Å². The molecule has 0 bridgehead atoms. The second kappa shape index (κ2) is 9.53. The van der Waals surface area contributed by atoms with Gasteiger partial charge >= 0.3 is 12.2 Å². The van der Waals surface area contributed by atoms with E-state index in [-0.39, 0.29) is 18.0 Å². The normalized spacial score (nSPS) is 18.0. The second-order valence-electron chi connectivity index (χ2n) is 7.39. The van der Waals surface area contributed by atoms with Crippen LogP contribution in [0.25, 0.3) is 0 Å². The molecule has 11 heteroatoms.